The highest BCUT2D eigenvalue weighted by molar-refractivity contribution is 6.32. The van der Waals surface area contributed by atoms with Crippen molar-refractivity contribution in [1.29, 1.82) is 0 Å². The molecule has 3 amide bonds. The van der Waals surface area contributed by atoms with Crippen molar-refractivity contribution >= 4 is 34.9 Å². The lowest BCUT2D eigenvalue weighted by molar-refractivity contribution is -0.121. The highest BCUT2D eigenvalue weighted by Crippen LogP contribution is 2.36. The van der Waals surface area contributed by atoms with E-state index < -0.39 is 0 Å². The lowest BCUT2D eigenvalue weighted by Gasteiger charge is -2.32. The number of nitrogens with one attached hydrogen (secondary N) is 2. The van der Waals surface area contributed by atoms with Crippen LogP contribution < -0.4 is 20.1 Å². The number of carbonyl (C=O) groups is 2. The molecule has 0 spiro atoms. The highest BCUT2D eigenvalue weighted by atomic mass is 35.5. The summed E-state index contributed by atoms with van der Waals surface area (Å²) in [5.41, 5.74) is 1.20. The van der Waals surface area contributed by atoms with Crippen LogP contribution in [-0.4, -0.2) is 44.1 Å². The van der Waals surface area contributed by atoms with Gasteiger partial charge < -0.3 is 25.0 Å². The van der Waals surface area contributed by atoms with E-state index in [0.29, 0.717) is 41.7 Å². The second kappa shape index (κ2) is 9.52. The first kappa shape index (κ1) is 20.8. The molecule has 8 heteroatoms. The number of nitrogens with zero attached hydrogens (tertiary/aromatic N) is 1. The summed E-state index contributed by atoms with van der Waals surface area (Å²) in [5, 5.41) is 6.14. The van der Waals surface area contributed by atoms with E-state index in [1.165, 1.54) is 14.2 Å². The topological polar surface area (TPSA) is 79.9 Å². The minimum atomic E-state index is -0.323. The maximum absolute atomic E-state index is 12.8. The summed E-state index contributed by atoms with van der Waals surface area (Å²) in [5.74, 6) is 0.385. The third-order valence-electron chi connectivity index (χ3n) is 4.84. The Kier molecular flexibility index (Phi) is 6.82. The molecular weight excluding hydrogens is 394 g/mol. The molecule has 2 N–H and O–H groups in total. The number of methoxy groups -OCH3 is 2. The monoisotopic (exact) mass is 417 g/mol. The van der Waals surface area contributed by atoms with E-state index in [2.05, 4.69) is 10.6 Å². The number of urea groups is 1. The number of anilines is 2. The summed E-state index contributed by atoms with van der Waals surface area (Å²) >= 11 is 6.12. The van der Waals surface area contributed by atoms with E-state index in [1.807, 2.05) is 30.3 Å². The molecule has 2 aromatic carbocycles. The molecule has 3 rings (SSSR count). The van der Waals surface area contributed by atoms with Crippen LogP contribution in [0.25, 0.3) is 0 Å². The van der Waals surface area contributed by atoms with Crippen molar-refractivity contribution in [3.05, 3.63) is 47.5 Å². The van der Waals surface area contributed by atoms with Crippen LogP contribution in [0.4, 0.5) is 16.2 Å². The molecule has 0 bridgehead atoms. The van der Waals surface area contributed by atoms with Crippen LogP contribution in [0.3, 0.4) is 0 Å². The van der Waals surface area contributed by atoms with Crippen LogP contribution in [0.2, 0.25) is 5.02 Å². The summed E-state index contributed by atoms with van der Waals surface area (Å²) in [6.45, 7) is 0.956. The SMILES string of the molecule is COc1cc(NC(=O)[C@H]2CCCN(C(=O)Nc3ccccc3)C2)c(OC)cc1Cl. The van der Waals surface area contributed by atoms with Gasteiger partial charge in [0.1, 0.15) is 11.5 Å². The van der Waals surface area contributed by atoms with Crippen molar-refractivity contribution in [2.75, 3.05) is 37.9 Å². The minimum Gasteiger partial charge on any atom is -0.495 e. The molecule has 1 aliphatic rings. The third-order valence-corrected chi connectivity index (χ3v) is 5.13. The van der Waals surface area contributed by atoms with Gasteiger partial charge in [0.25, 0.3) is 0 Å². The zero-order chi connectivity index (χ0) is 20.8. The number of carbonyl (C=O) groups excluding carboxylic acids is 2. The Morgan fingerprint density at radius 1 is 1.07 bits per heavy atom. The molecule has 0 aromatic heterocycles. The van der Waals surface area contributed by atoms with Crippen molar-refractivity contribution < 1.29 is 19.1 Å². The van der Waals surface area contributed by atoms with E-state index in [0.717, 1.165) is 12.1 Å². The Hall–Kier alpha value is -2.93. The number of para-hydroxylation sites is 1. The molecule has 1 saturated heterocycles. The van der Waals surface area contributed by atoms with Crippen LogP contribution in [0.15, 0.2) is 42.5 Å². The molecule has 0 aliphatic carbocycles. The van der Waals surface area contributed by atoms with Gasteiger partial charge in [-0.05, 0) is 25.0 Å². The van der Waals surface area contributed by atoms with E-state index in [4.69, 9.17) is 21.1 Å². The predicted molar refractivity (Wildman–Crippen MR) is 113 cm³/mol. The van der Waals surface area contributed by atoms with Gasteiger partial charge in [0.05, 0.1) is 30.8 Å². The molecule has 2 aromatic rings. The number of rotatable bonds is 5. The fourth-order valence-corrected chi connectivity index (χ4v) is 3.52. The van der Waals surface area contributed by atoms with Gasteiger partial charge in [0.2, 0.25) is 5.91 Å². The van der Waals surface area contributed by atoms with Crippen LogP contribution in [0.1, 0.15) is 12.8 Å². The van der Waals surface area contributed by atoms with Gasteiger partial charge in [0, 0.05) is 30.9 Å². The van der Waals surface area contributed by atoms with Crippen molar-refractivity contribution in [3.63, 3.8) is 0 Å². The Balaban J connectivity index is 1.66. The lowest BCUT2D eigenvalue weighted by Crippen LogP contribution is -2.45. The van der Waals surface area contributed by atoms with Crippen molar-refractivity contribution in [2.45, 2.75) is 12.8 Å². The first-order valence-corrected chi connectivity index (χ1v) is 9.73. The standard InChI is InChI=1S/C21H24ClN3O4/c1-28-18-12-17(19(29-2)11-16(18)22)24-20(26)14-7-6-10-25(13-14)21(27)23-15-8-4-3-5-9-15/h3-5,8-9,11-12,14H,6-7,10,13H2,1-2H3,(H,23,27)(H,24,26)/t14-/m0/s1. The summed E-state index contributed by atoms with van der Waals surface area (Å²) < 4.78 is 10.5. The van der Waals surface area contributed by atoms with Gasteiger partial charge >= 0.3 is 6.03 Å². The van der Waals surface area contributed by atoms with E-state index >= 15 is 0 Å². The second-order valence-electron chi connectivity index (χ2n) is 6.76. The zero-order valence-electron chi connectivity index (χ0n) is 16.4. The maximum Gasteiger partial charge on any atom is 0.321 e. The molecule has 1 atom stereocenters. The molecule has 154 valence electrons. The Morgan fingerprint density at radius 2 is 1.79 bits per heavy atom. The van der Waals surface area contributed by atoms with E-state index in [-0.39, 0.29) is 17.9 Å². The van der Waals surface area contributed by atoms with Crippen LogP contribution in [0, 0.1) is 5.92 Å². The van der Waals surface area contributed by atoms with Gasteiger partial charge in [0.15, 0.2) is 0 Å². The first-order chi connectivity index (χ1) is 14.0. The number of amides is 3. The molecule has 29 heavy (non-hydrogen) atoms. The number of halogens is 1. The molecule has 7 nitrogen and oxygen atoms in total. The number of piperidine rings is 1. The van der Waals surface area contributed by atoms with Gasteiger partial charge in [-0.2, -0.15) is 0 Å². The molecule has 0 unspecified atom stereocenters. The number of hydrogen-bond acceptors (Lipinski definition) is 4. The third kappa shape index (κ3) is 5.12. The number of hydrogen-bond donors (Lipinski definition) is 2. The average molecular weight is 418 g/mol. The first-order valence-electron chi connectivity index (χ1n) is 9.35. The van der Waals surface area contributed by atoms with Crippen LogP contribution >= 0.6 is 11.6 Å². The van der Waals surface area contributed by atoms with E-state index in [1.54, 1.807) is 17.0 Å². The molecule has 0 saturated carbocycles. The van der Waals surface area contributed by atoms with Crippen molar-refractivity contribution in [1.82, 2.24) is 4.90 Å². The average Bonchev–Trinajstić information content (AvgIpc) is 2.75. The van der Waals surface area contributed by atoms with Gasteiger partial charge in [-0.1, -0.05) is 29.8 Å². The summed E-state index contributed by atoms with van der Waals surface area (Å²) in [6, 6.07) is 12.3. The van der Waals surface area contributed by atoms with Gasteiger partial charge in [-0.3, -0.25) is 4.79 Å². The predicted octanol–water partition coefficient (Wildman–Crippen LogP) is 4.24. The number of benzene rings is 2. The summed E-state index contributed by atoms with van der Waals surface area (Å²) in [7, 11) is 3.01. The lowest BCUT2D eigenvalue weighted by atomic mass is 9.97. The quantitative estimate of drug-likeness (QED) is 0.762. The molecule has 1 heterocycles. The molecule has 0 radical (unpaired) electrons. The normalized spacial score (nSPS) is 16.1. The number of likely N-dealkylation sites (tertiary alicyclic amines) is 1. The van der Waals surface area contributed by atoms with Crippen LogP contribution in [0.5, 0.6) is 11.5 Å². The zero-order valence-corrected chi connectivity index (χ0v) is 17.2. The smallest absolute Gasteiger partial charge is 0.321 e. The molecular formula is C21H24ClN3O4. The molecule has 1 aliphatic heterocycles. The second-order valence-corrected chi connectivity index (χ2v) is 7.16. The van der Waals surface area contributed by atoms with Crippen LogP contribution in [-0.2, 0) is 4.79 Å². The van der Waals surface area contributed by atoms with Gasteiger partial charge in [-0.15, -0.1) is 0 Å². The summed E-state index contributed by atoms with van der Waals surface area (Å²) in [4.78, 5) is 27.1. The minimum absolute atomic E-state index is 0.176. The van der Waals surface area contributed by atoms with Crippen molar-refractivity contribution in [2.24, 2.45) is 5.92 Å². The maximum atomic E-state index is 12.8. The van der Waals surface area contributed by atoms with Gasteiger partial charge in [-0.25, -0.2) is 4.79 Å². The molecule has 1 fully saturated rings. The Labute approximate surface area is 174 Å². The number of ether oxygens (including phenoxy) is 2. The fourth-order valence-electron chi connectivity index (χ4n) is 3.29. The summed E-state index contributed by atoms with van der Waals surface area (Å²) in [6.07, 6.45) is 1.45. The van der Waals surface area contributed by atoms with E-state index in [9.17, 15) is 9.59 Å². The highest BCUT2D eigenvalue weighted by Gasteiger charge is 2.29. The fraction of sp³-hybridized carbons (Fsp3) is 0.333. The largest absolute Gasteiger partial charge is 0.495 e. The Bertz CT molecular complexity index is 876. The Morgan fingerprint density at radius 3 is 2.48 bits per heavy atom. The van der Waals surface area contributed by atoms with Crippen molar-refractivity contribution in [3.8, 4) is 11.5 Å².